The first-order valence-electron chi connectivity index (χ1n) is 5.13. The summed E-state index contributed by atoms with van der Waals surface area (Å²) in [5.74, 6) is 0. The second kappa shape index (κ2) is 5.21. The van der Waals surface area contributed by atoms with Crippen LogP contribution in [-0.4, -0.2) is 25.3 Å². The number of aryl methyl sites for hydroxylation is 2. The van der Waals surface area contributed by atoms with Crippen LogP contribution in [0.25, 0.3) is 0 Å². The summed E-state index contributed by atoms with van der Waals surface area (Å²) in [6, 6.07) is 2.11. The van der Waals surface area contributed by atoms with Gasteiger partial charge in [0.2, 0.25) is 0 Å². The molecule has 84 valence electrons. The summed E-state index contributed by atoms with van der Waals surface area (Å²) in [7, 11) is 0. The van der Waals surface area contributed by atoms with E-state index in [0.717, 1.165) is 29.6 Å². The Morgan fingerprint density at radius 1 is 1.38 bits per heavy atom. The Kier molecular flexibility index (Phi) is 3.66. The van der Waals surface area contributed by atoms with Crippen molar-refractivity contribution in [1.29, 1.82) is 0 Å². The van der Waals surface area contributed by atoms with Gasteiger partial charge >= 0.3 is 0 Å². The van der Waals surface area contributed by atoms with Crippen molar-refractivity contribution in [3.63, 3.8) is 0 Å². The van der Waals surface area contributed by atoms with Gasteiger partial charge < -0.3 is 0 Å². The van der Waals surface area contributed by atoms with Gasteiger partial charge in [-0.2, -0.15) is 0 Å². The summed E-state index contributed by atoms with van der Waals surface area (Å²) in [6.45, 7) is 2.76. The summed E-state index contributed by atoms with van der Waals surface area (Å²) < 4.78 is 1.84. The van der Waals surface area contributed by atoms with E-state index < -0.39 is 0 Å². The SMILES string of the molecule is Cc1cncc(Cn2cc(CCBr)nn2)c1. The van der Waals surface area contributed by atoms with Gasteiger partial charge in [0.25, 0.3) is 0 Å². The topological polar surface area (TPSA) is 43.6 Å². The van der Waals surface area contributed by atoms with Crippen LogP contribution in [0.3, 0.4) is 0 Å². The number of halogens is 1. The van der Waals surface area contributed by atoms with Crippen LogP contribution in [0.15, 0.2) is 24.7 Å². The zero-order valence-electron chi connectivity index (χ0n) is 9.10. The van der Waals surface area contributed by atoms with E-state index in [1.165, 1.54) is 5.56 Å². The molecule has 0 radical (unpaired) electrons. The number of pyridine rings is 1. The number of rotatable bonds is 4. The second-order valence-electron chi connectivity index (χ2n) is 3.72. The highest BCUT2D eigenvalue weighted by molar-refractivity contribution is 9.09. The molecular weight excluding hydrogens is 268 g/mol. The fourth-order valence-corrected chi connectivity index (χ4v) is 1.92. The standard InChI is InChI=1S/C11H13BrN4/c1-9-4-10(6-13-5-9)7-16-8-11(2-3-12)14-15-16/h4-6,8H,2-3,7H2,1H3. The zero-order chi connectivity index (χ0) is 11.4. The number of alkyl halides is 1. The average Bonchev–Trinajstić information content (AvgIpc) is 2.66. The predicted molar refractivity (Wildman–Crippen MR) is 65.6 cm³/mol. The largest absolute Gasteiger partial charge is 0.264 e. The maximum Gasteiger partial charge on any atom is 0.0835 e. The Labute approximate surface area is 103 Å². The molecule has 0 aromatic carbocycles. The van der Waals surface area contributed by atoms with Crippen LogP contribution in [0.4, 0.5) is 0 Å². The molecule has 0 atom stereocenters. The summed E-state index contributed by atoms with van der Waals surface area (Å²) in [5, 5.41) is 9.08. The quantitative estimate of drug-likeness (QED) is 0.805. The Balaban J connectivity index is 2.08. The highest BCUT2D eigenvalue weighted by Crippen LogP contribution is 2.04. The summed E-state index contributed by atoms with van der Waals surface area (Å²) in [6.07, 6.45) is 6.59. The van der Waals surface area contributed by atoms with Gasteiger partial charge in [-0.05, 0) is 18.1 Å². The van der Waals surface area contributed by atoms with Gasteiger partial charge in [0, 0.05) is 30.3 Å². The molecule has 0 fully saturated rings. The second-order valence-corrected chi connectivity index (χ2v) is 4.51. The minimum Gasteiger partial charge on any atom is -0.264 e. The monoisotopic (exact) mass is 280 g/mol. The molecule has 0 spiro atoms. The summed E-state index contributed by atoms with van der Waals surface area (Å²) in [5.41, 5.74) is 3.33. The van der Waals surface area contributed by atoms with Crippen LogP contribution in [-0.2, 0) is 13.0 Å². The van der Waals surface area contributed by atoms with E-state index in [1.807, 2.05) is 30.2 Å². The molecule has 0 unspecified atom stereocenters. The van der Waals surface area contributed by atoms with Crippen molar-refractivity contribution in [3.8, 4) is 0 Å². The summed E-state index contributed by atoms with van der Waals surface area (Å²) >= 11 is 3.38. The van der Waals surface area contributed by atoms with Crippen molar-refractivity contribution in [2.45, 2.75) is 19.9 Å². The molecule has 5 heteroatoms. The molecule has 2 aromatic heterocycles. The van der Waals surface area contributed by atoms with E-state index in [-0.39, 0.29) is 0 Å². The molecule has 2 heterocycles. The number of nitrogens with zero attached hydrogens (tertiary/aromatic N) is 4. The number of aromatic nitrogens is 4. The number of hydrogen-bond donors (Lipinski definition) is 0. The van der Waals surface area contributed by atoms with Gasteiger partial charge in [-0.15, -0.1) is 5.10 Å². The Morgan fingerprint density at radius 2 is 2.25 bits per heavy atom. The lowest BCUT2D eigenvalue weighted by molar-refractivity contribution is 0.647. The van der Waals surface area contributed by atoms with Crippen LogP contribution >= 0.6 is 15.9 Å². The fourth-order valence-electron chi connectivity index (χ4n) is 1.52. The molecule has 16 heavy (non-hydrogen) atoms. The predicted octanol–water partition coefficient (Wildman–Crippen LogP) is 1.97. The Morgan fingerprint density at radius 3 is 3.00 bits per heavy atom. The van der Waals surface area contributed by atoms with Gasteiger partial charge in [-0.1, -0.05) is 27.2 Å². The molecule has 0 bridgehead atoms. The average molecular weight is 281 g/mol. The fraction of sp³-hybridized carbons (Fsp3) is 0.364. The highest BCUT2D eigenvalue weighted by Gasteiger charge is 2.01. The van der Waals surface area contributed by atoms with Gasteiger partial charge in [-0.25, -0.2) is 4.68 Å². The first kappa shape index (κ1) is 11.3. The van der Waals surface area contributed by atoms with Crippen molar-refractivity contribution in [2.75, 3.05) is 5.33 Å². The third-order valence-electron chi connectivity index (χ3n) is 2.21. The Hall–Kier alpha value is -1.23. The van der Waals surface area contributed by atoms with Crippen molar-refractivity contribution in [2.24, 2.45) is 0 Å². The first-order chi connectivity index (χ1) is 7.78. The molecule has 0 saturated heterocycles. The smallest absolute Gasteiger partial charge is 0.0835 e. The molecule has 0 aliphatic heterocycles. The lowest BCUT2D eigenvalue weighted by Gasteiger charge is -2.00. The van der Waals surface area contributed by atoms with E-state index in [9.17, 15) is 0 Å². The highest BCUT2D eigenvalue weighted by atomic mass is 79.9. The minimum atomic E-state index is 0.726. The van der Waals surface area contributed by atoms with Crippen LogP contribution in [0.1, 0.15) is 16.8 Å². The third kappa shape index (κ3) is 2.88. The van der Waals surface area contributed by atoms with E-state index in [2.05, 4.69) is 37.3 Å². The molecule has 0 saturated carbocycles. The van der Waals surface area contributed by atoms with Crippen molar-refractivity contribution in [1.82, 2.24) is 20.0 Å². The van der Waals surface area contributed by atoms with Crippen LogP contribution in [0.2, 0.25) is 0 Å². The van der Waals surface area contributed by atoms with Gasteiger partial charge in [-0.3, -0.25) is 4.98 Å². The van der Waals surface area contributed by atoms with E-state index >= 15 is 0 Å². The summed E-state index contributed by atoms with van der Waals surface area (Å²) in [4.78, 5) is 4.15. The first-order valence-corrected chi connectivity index (χ1v) is 6.25. The van der Waals surface area contributed by atoms with Crippen molar-refractivity contribution in [3.05, 3.63) is 41.5 Å². The van der Waals surface area contributed by atoms with Crippen LogP contribution in [0.5, 0.6) is 0 Å². The minimum absolute atomic E-state index is 0.726. The molecule has 4 nitrogen and oxygen atoms in total. The van der Waals surface area contributed by atoms with Crippen molar-refractivity contribution < 1.29 is 0 Å². The van der Waals surface area contributed by atoms with Gasteiger partial charge in [0.15, 0.2) is 0 Å². The third-order valence-corrected chi connectivity index (χ3v) is 2.61. The lowest BCUT2D eigenvalue weighted by atomic mass is 10.2. The van der Waals surface area contributed by atoms with E-state index in [1.54, 1.807) is 0 Å². The molecule has 2 aromatic rings. The molecule has 0 N–H and O–H groups in total. The lowest BCUT2D eigenvalue weighted by Crippen LogP contribution is -2.01. The number of hydrogen-bond acceptors (Lipinski definition) is 3. The molecule has 0 amide bonds. The Bertz CT molecular complexity index is 467. The van der Waals surface area contributed by atoms with E-state index in [4.69, 9.17) is 0 Å². The van der Waals surface area contributed by atoms with E-state index in [0.29, 0.717) is 0 Å². The maximum atomic E-state index is 4.15. The zero-order valence-corrected chi connectivity index (χ0v) is 10.7. The van der Waals surface area contributed by atoms with Gasteiger partial charge in [0.1, 0.15) is 0 Å². The van der Waals surface area contributed by atoms with Gasteiger partial charge in [0.05, 0.1) is 12.2 Å². The van der Waals surface area contributed by atoms with Crippen molar-refractivity contribution >= 4 is 15.9 Å². The molecule has 0 aliphatic rings. The molecule has 0 aliphatic carbocycles. The maximum absolute atomic E-state index is 4.15. The van der Waals surface area contributed by atoms with Crippen LogP contribution in [0, 0.1) is 6.92 Å². The molecular formula is C11H13BrN4. The molecule has 2 rings (SSSR count). The normalized spacial score (nSPS) is 10.6. The van der Waals surface area contributed by atoms with Crippen LogP contribution < -0.4 is 0 Å².